The predicted molar refractivity (Wildman–Crippen MR) is 125 cm³/mol. The van der Waals surface area contributed by atoms with E-state index in [4.69, 9.17) is 4.74 Å². The van der Waals surface area contributed by atoms with E-state index in [0.29, 0.717) is 17.3 Å². The molecule has 0 saturated carbocycles. The van der Waals surface area contributed by atoms with E-state index in [2.05, 4.69) is 32.9 Å². The molecule has 0 saturated heterocycles. The Labute approximate surface area is 187 Å². The van der Waals surface area contributed by atoms with E-state index < -0.39 is 0 Å². The average Bonchev–Trinajstić information content (AvgIpc) is 2.69. The summed E-state index contributed by atoms with van der Waals surface area (Å²) in [6.07, 6.45) is 1.77. The van der Waals surface area contributed by atoms with Crippen LogP contribution in [0.2, 0.25) is 0 Å². The van der Waals surface area contributed by atoms with E-state index in [0.717, 1.165) is 21.5 Å². The van der Waals surface area contributed by atoms with Crippen molar-refractivity contribution in [1.29, 1.82) is 0 Å². The molecule has 0 unspecified atom stereocenters. The number of amidine groups is 1. The summed E-state index contributed by atoms with van der Waals surface area (Å²) in [5.74, 6) is 0.595. The molecule has 0 aromatic heterocycles. The van der Waals surface area contributed by atoms with Crippen LogP contribution < -0.4 is 10.1 Å². The van der Waals surface area contributed by atoms with E-state index in [1.54, 1.807) is 25.3 Å². The Bertz CT molecular complexity index is 897. The lowest BCUT2D eigenvalue weighted by molar-refractivity contribution is 0.0977. The molecule has 28 heavy (non-hydrogen) atoms. The van der Waals surface area contributed by atoms with Crippen LogP contribution in [0, 0.1) is 0 Å². The van der Waals surface area contributed by atoms with Crippen LogP contribution in [0.25, 0.3) is 5.70 Å². The van der Waals surface area contributed by atoms with Crippen LogP contribution >= 0.6 is 44.7 Å². The fraction of sp³-hybridized carbons (Fsp3) is 0.100. The third kappa shape index (κ3) is 5.50. The van der Waals surface area contributed by atoms with E-state index >= 15 is 0 Å². The minimum absolute atomic E-state index is 0. The second-order valence-electron chi connectivity index (χ2n) is 5.59. The number of hydrogen-bond acceptors (Lipinski definition) is 5. The molecule has 1 amide bonds. The molecule has 1 aliphatic rings. The standard InChI is InChI=1S/C20H18BrN3O2S.BrH/c1-3-12-24-18(14-6-10-17(26-2)11-7-14)13-27-20(23-24)22-19(25)15-4-8-16(21)9-5-15;/h3-11,13H,1,12H2,2H3,(H,22,23,25);1H. The fourth-order valence-electron chi connectivity index (χ4n) is 2.42. The van der Waals surface area contributed by atoms with Crippen LogP contribution in [0.1, 0.15) is 15.9 Å². The number of ether oxygens (including phenoxy) is 1. The molecule has 3 rings (SSSR count). The second-order valence-corrected chi connectivity index (χ2v) is 7.36. The smallest absolute Gasteiger partial charge is 0.257 e. The number of halogens is 2. The Morgan fingerprint density at radius 2 is 1.93 bits per heavy atom. The molecule has 0 atom stereocenters. The first-order valence-corrected chi connectivity index (χ1v) is 9.83. The van der Waals surface area contributed by atoms with Crippen molar-refractivity contribution >= 4 is 61.4 Å². The molecule has 1 N–H and O–H groups in total. The Morgan fingerprint density at radius 3 is 2.54 bits per heavy atom. The summed E-state index contributed by atoms with van der Waals surface area (Å²) in [4.78, 5) is 12.4. The highest BCUT2D eigenvalue weighted by Crippen LogP contribution is 2.29. The van der Waals surface area contributed by atoms with Gasteiger partial charge >= 0.3 is 0 Å². The van der Waals surface area contributed by atoms with E-state index in [9.17, 15) is 4.79 Å². The molecular weight excluding hydrogens is 506 g/mol. The normalized spacial score (nSPS) is 13.0. The Morgan fingerprint density at radius 1 is 1.25 bits per heavy atom. The molecule has 2 aromatic carbocycles. The molecular formula is C20H19Br2N3O2S. The van der Waals surface area contributed by atoms with Crippen LogP contribution in [-0.4, -0.2) is 29.7 Å². The van der Waals surface area contributed by atoms with Crippen LogP contribution in [0.4, 0.5) is 0 Å². The lowest BCUT2D eigenvalue weighted by Crippen LogP contribution is -2.32. The van der Waals surface area contributed by atoms with Gasteiger partial charge in [0.2, 0.25) is 0 Å². The van der Waals surface area contributed by atoms with Crippen molar-refractivity contribution in [2.45, 2.75) is 0 Å². The van der Waals surface area contributed by atoms with Crippen LogP contribution in [0.15, 0.2) is 76.2 Å². The average molecular weight is 525 g/mol. The summed E-state index contributed by atoms with van der Waals surface area (Å²) < 4.78 is 6.13. The van der Waals surface area contributed by atoms with Gasteiger partial charge in [-0.25, -0.2) is 0 Å². The molecule has 0 bridgehead atoms. The Hall–Kier alpha value is -2.03. The molecule has 0 aliphatic carbocycles. The number of hydrogen-bond donors (Lipinski definition) is 1. The number of rotatable bonds is 5. The summed E-state index contributed by atoms with van der Waals surface area (Å²) in [5, 5.41) is 11.7. The molecule has 5 nitrogen and oxygen atoms in total. The number of nitrogens with one attached hydrogen (secondary N) is 1. The maximum Gasteiger partial charge on any atom is 0.257 e. The van der Waals surface area contributed by atoms with E-state index in [1.807, 2.05) is 46.8 Å². The minimum Gasteiger partial charge on any atom is -0.497 e. The number of benzene rings is 2. The van der Waals surface area contributed by atoms with Crippen molar-refractivity contribution in [2.75, 3.05) is 13.7 Å². The largest absolute Gasteiger partial charge is 0.497 e. The van der Waals surface area contributed by atoms with Gasteiger partial charge in [-0.15, -0.1) is 28.7 Å². The number of hydrazone groups is 1. The molecule has 0 spiro atoms. The first-order valence-electron chi connectivity index (χ1n) is 8.16. The zero-order valence-corrected chi connectivity index (χ0v) is 19.2. The second kappa shape index (κ2) is 10.5. The fourth-order valence-corrected chi connectivity index (χ4v) is 3.47. The van der Waals surface area contributed by atoms with Crippen LogP contribution in [0.5, 0.6) is 5.75 Å². The molecule has 8 heteroatoms. The number of carbonyl (C=O) groups excluding carboxylic acids is 1. The van der Waals surface area contributed by atoms with Crippen molar-refractivity contribution < 1.29 is 9.53 Å². The highest BCUT2D eigenvalue weighted by molar-refractivity contribution is 9.10. The van der Waals surface area contributed by atoms with Gasteiger partial charge in [-0.1, -0.05) is 33.8 Å². The summed E-state index contributed by atoms with van der Waals surface area (Å²) >= 11 is 4.74. The number of amides is 1. The number of carbonyl (C=O) groups is 1. The summed E-state index contributed by atoms with van der Waals surface area (Å²) in [6, 6.07) is 14.9. The van der Waals surface area contributed by atoms with Gasteiger partial charge in [0, 0.05) is 21.0 Å². The number of methoxy groups -OCH3 is 1. The maximum absolute atomic E-state index is 12.4. The first kappa shape index (κ1) is 22.3. The van der Waals surface area contributed by atoms with Crippen molar-refractivity contribution in [1.82, 2.24) is 10.3 Å². The highest BCUT2D eigenvalue weighted by atomic mass is 79.9. The van der Waals surface area contributed by atoms with Gasteiger partial charge in [-0.3, -0.25) is 15.1 Å². The quantitative estimate of drug-likeness (QED) is 0.541. The summed E-state index contributed by atoms with van der Waals surface area (Å²) in [7, 11) is 1.64. The zero-order valence-electron chi connectivity index (χ0n) is 15.1. The van der Waals surface area contributed by atoms with Gasteiger partial charge in [-0.2, -0.15) is 0 Å². The third-order valence-electron chi connectivity index (χ3n) is 3.79. The van der Waals surface area contributed by atoms with Crippen molar-refractivity contribution in [2.24, 2.45) is 5.10 Å². The van der Waals surface area contributed by atoms with Gasteiger partial charge in [0.05, 0.1) is 19.4 Å². The highest BCUT2D eigenvalue weighted by Gasteiger charge is 2.19. The van der Waals surface area contributed by atoms with Gasteiger partial charge in [0.1, 0.15) is 5.75 Å². The molecule has 2 aromatic rings. The van der Waals surface area contributed by atoms with Gasteiger partial charge in [-0.05, 0) is 48.5 Å². The van der Waals surface area contributed by atoms with Crippen molar-refractivity contribution in [3.8, 4) is 5.75 Å². The molecule has 146 valence electrons. The lowest BCUT2D eigenvalue weighted by atomic mass is 10.1. The molecule has 0 fully saturated rings. The van der Waals surface area contributed by atoms with Crippen LogP contribution in [0.3, 0.4) is 0 Å². The predicted octanol–water partition coefficient (Wildman–Crippen LogP) is 5.27. The number of thioether (sulfide) groups is 1. The van der Waals surface area contributed by atoms with Gasteiger partial charge in [0.25, 0.3) is 5.91 Å². The molecule has 0 radical (unpaired) electrons. The van der Waals surface area contributed by atoms with E-state index in [-0.39, 0.29) is 22.9 Å². The topological polar surface area (TPSA) is 53.9 Å². The summed E-state index contributed by atoms with van der Waals surface area (Å²) in [5.41, 5.74) is 2.51. The van der Waals surface area contributed by atoms with Crippen molar-refractivity contribution in [3.05, 3.63) is 82.2 Å². The lowest BCUT2D eigenvalue weighted by Gasteiger charge is -2.26. The van der Waals surface area contributed by atoms with Gasteiger partial charge in [0.15, 0.2) is 5.17 Å². The molecule has 1 heterocycles. The Kier molecular flexibility index (Phi) is 8.35. The SMILES string of the molecule is Br.C=CCN1N=C(NC(=O)c2ccc(Br)cc2)SC=C1c1ccc(OC)cc1. The first-order chi connectivity index (χ1) is 13.1. The summed E-state index contributed by atoms with van der Waals surface area (Å²) in [6.45, 7) is 4.32. The zero-order chi connectivity index (χ0) is 19.2. The molecule has 1 aliphatic heterocycles. The number of nitrogens with zero attached hydrogens (tertiary/aromatic N) is 2. The van der Waals surface area contributed by atoms with E-state index in [1.165, 1.54) is 11.8 Å². The monoisotopic (exact) mass is 523 g/mol. The minimum atomic E-state index is -0.200. The Balaban J connectivity index is 0.00000280. The van der Waals surface area contributed by atoms with Gasteiger partial charge < -0.3 is 4.74 Å². The van der Waals surface area contributed by atoms with Crippen molar-refractivity contribution in [3.63, 3.8) is 0 Å². The maximum atomic E-state index is 12.4. The van der Waals surface area contributed by atoms with Crippen LogP contribution in [-0.2, 0) is 0 Å². The third-order valence-corrected chi connectivity index (χ3v) is 5.06.